The first-order valence-electron chi connectivity index (χ1n) is 20.7. The van der Waals surface area contributed by atoms with Crippen LogP contribution < -0.4 is 30.5 Å². The molecule has 0 bridgehead atoms. The summed E-state index contributed by atoms with van der Waals surface area (Å²) in [4.78, 5) is 65.2. The molecule has 3 saturated carbocycles. The van der Waals surface area contributed by atoms with Gasteiger partial charge >= 0.3 is 5.97 Å². The second-order valence-corrected chi connectivity index (χ2v) is 16.6. The Labute approximate surface area is 325 Å². The standard InChI is InChI=1S/C42H61N7O6/c1-6-32-40(52)48(4)33-24-43-42(47-38(33)49(32)30-13-9-10-14-30)45-31-21-18-28(23-34(31)55-5)39(51)44-29-19-15-26(16-20-29)17-22-35(50)46-37(41(53)54)36(25(2)3)27-11-7-8-12-27/h18,21,23-27,29-30,32,36-37H,6-17,19-20,22H2,1-5H3,(H,44,51)(H,46,50)(H,53,54)(H,43,45,47)/t26-,29+,32-,36?,37+/m1/s1. The van der Waals surface area contributed by atoms with Gasteiger partial charge in [-0.1, -0.05) is 59.3 Å². The lowest BCUT2D eigenvalue weighted by atomic mass is 9.77. The van der Waals surface area contributed by atoms with E-state index >= 15 is 0 Å². The van der Waals surface area contributed by atoms with E-state index in [1.165, 1.54) is 0 Å². The van der Waals surface area contributed by atoms with Crippen molar-refractivity contribution in [2.75, 3.05) is 29.3 Å². The Morgan fingerprint density at radius 1 is 1.00 bits per heavy atom. The second-order valence-electron chi connectivity index (χ2n) is 16.6. The fourth-order valence-electron chi connectivity index (χ4n) is 9.81. The van der Waals surface area contributed by atoms with Crippen LogP contribution in [0, 0.1) is 23.7 Å². The molecule has 0 saturated heterocycles. The van der Waals surface area contributed by atoms with E-state index in [4.69, 9.17) is 9.72 Å². The number of aromatic nitrogens is 2. The quantitative estimate of drug-likeness (QED) is 0.151. The van der Waals surface area contributed by atoms with Crippen LogP contribution in [0.3, 0.4) is 0 Å². The Hall–Kier alpha value is -4.42. The van der Waals surface area contributed by atoms with Gasteiger partial charge in [0.1, 0.15) is 23.5 Å². The number of rotatable bonds is 15. The van der Waals surface area contributed by atoms with Crippen molar-refractivity contribution in [3.8, 4) is 5.75 Å². The average molecular weight is 760 g/mol. The minimum Gasteiger partial charge on any atom is -0.495 e. The van der Waals surface area contributed by atoms with Crippen molar-refractivity contribution in [2.24, 2.45) is 23.7 Å². The summed E-state index contributed by atoms with van der Waals surface area (Å²) in [6.45, 7) is 6.17. The van der Waals surface area contributed by atoms with Crippen molar-refractivity contribution in [3.63, 3.8) is 0 Å². The number of anilines is 4. The Bertz CT molecular complexity index is 1680. The number of nitrogens with zero attached hydrogens (tertiary/aromatic N) is 4. The minimum absolute atomic E-state index is 0.0274. The van der Waals surface area contributed by atoms with Crippen LogP contribution in [0.15, 0.2) is 24.4 Å². The molecule has 13 heteroatoms. The number of nitrogens with one attached hydrogen (secondary N) is 3. The van der Waals surface area contributed by atoms with Gasteiger partial charge in [0, 0.05) is 31.1 Å². The molecule has 300 valence electrons. The van der Waals surface area contributed by atoms with Crippen LogP contribution in [0.5, 0.6) is 5.75 Å². The Balaban J connectivity index is 1.02. The van der Waals surface area contributed by atoms with Crippen molar-refractivity contribution >= 4 is 46.8 Å². The number of carboxylic acids is 1. The number of hydrogen-bond donors (Lipinski definition) is 4. The van der Waals surface area contributed by atoms with Crippen LogP contribution in [-0.2, 0) is 14.4 Å². The molecular weight excluding hydrogens is 699 g/mol. The minimum atomic E-state index is -0.939. The Morgan fingerprint density at radius 3 is 2.33 bits per heavy atom. The largest absolute Gasteiger partial charge is 0.495 e. The molecule has 3 fully saturated rings. The van der Waals surface area contributed by atoms with Crippen molar-refractivity contribution in [1.82, 2.24) is 20.6 Å². The van der Waals surface area contributed by atoms with Crippen LogP contribution >= 0.6 is 0 Å². The van der Waals surface area contributed by atoms with Gasteiger partial charge in [0.15, 0.2) is 5.82 Å². The molecule has 4 N–H and O–H groups in total. The van der Waals surface area contributed by atoms with Gasteiger partial charge in [-0.05, 0) is 93.2 Å². The van der Waals surface area contributed by atoms with E-state index in [-0.39, 0.29) is 47.7 Å². The molecule has 1 aromatic heterocycles. The van der Waals surface area contributed by atoms with E-state index < -0.39 is 12.0 Å². The lowest BCUT2D eigenvalue weighted by Crippen LogP contribution is -2.55. The molecule has 6 rings (SSSR count). The smallest absolute Gasteiger partial charge is 0.326 e. The zero-order chi connectivity index (χ0) is 39.2. The maximum absolute atomic E-state index is 13.4. The van der Waals surface area contributed by atoms with Gasteiger partial charge in [0.25, 0.3) is 5.91 Å². The first-order chi connectivity index (χ1) is 26.5. The Kier molecular flexibility index (Phi) is 13.2. The summed E-state index contributed by atoms with van der Waals surface area (Å²) in [6, 6.07) is 4.45. The molecule has 2 aromatic rings. The molecular formula is C42H61N7O6. The van der Waals surface area contributed by atoms with Gasteiger partial charge in [-0.15, -0.1) is 0 Å². The summed E-state index contributed by atoms with van der Waals surface area (Å²) in [5.74, 6) is 1.21. The SMILES string of the molecule is CC[C@@H]1C(=O)N(C)c2cnc(Nc3ccc(C(=O)N[C@H]4CC[C@@H](CCC(=O)N[C@H](C(=O)O)C(C(C)C)C5CCCC5)CC4)cc3OC)nc2N1C1CCCC1. The highest BCUT2D eigenvalue weighted by atomic mass is 16.5. The summed E-state index contributed by atoms with van der Waals surface area (Å²) in [6.07, 6.45) is 15.5. The number of ether oxygens (including phenoxy) is 1. The highest BCUT2D eigenvalue weighted by Crippen LogP contribution is 2.41. The van der Waals surface area contributed by atoms with Gasteiger partial charge in [-0.3, -0.25) is 14.4 Å². The lowest BCUT2D eigenvalue weighted by molar-refractivity contribution is -0.145. The maximum atomic E-state index is 13.4. The monoisotopic (exact) mass is 759 g/mol. The van der Waals surface area contributed by atoms with Crippen molar-refractivity contribution in [1.29, 1.82) is 0 Å². The van der Waals surface area contributed by atoms with E-state index in [0.717, 1.165) is 82.9 Å². The number of likely N-dealkylation sites (N-methyl/N-ethyl adjacent to an activating group) is 1. The molecule has 3 atom stereocenters. The number of methoxy groups -OCH3 is 1. The molecule has 1 aromatic carbocycles. The number of carbonyl (C=O) groups is 4. The third-order valence-electron chi connectivity index (χ3n) is 12.8. The topological polar surface area (TPSA) is 166 Å². The van der Waals surface area contributed by atoms with Crippen molar-refractivity contribution in [2.45, 2.75) is 141 Å². The van der Waals surface area contributed by atoms with E-state index in [1.807, 2.05) is 6.92 Å². The van der Waals surface area contributed by atoms with Gasteiger partial charge in [-0.2, -0.15) is 4.98 Å². The Morgan fingerprint density at radius 2 is 1.69 bits per heavy atom. The summed E-state index contributed by atoms with van der Waals surface area (Å²) >= 11 is 0. The molecule has 3 aliphatic carbocycles. The van der Waals surface area contributed by atoms with Crippen LogP contribution in [0.25, 0.3) is 0 Å². The number of carbonyl (C=O) groups excluding carboxylic acids is 3. The normalized spacial score (nSPS) is 23.0. The predicted molar refractivity (Wildman–Crippen MR) is 213 cm³/mol. The van der Waals surface area contributed by atoms with Crippen LogP contribution in [-0.4, -0.2) is 77.1 Å². The number of hydrogen-bond acceptors (Lipinski definition) is 9. The van der Waals surface area contributed by atoms with Gasteiger partial charge in [0.2, 0.25) is 17.8 Å². The first-order valence-corrected chi connectivity index (χ1v) is 20.7. The zero-order valence-electron chi connectivity index (χ0n) is 33.3. The van der Waals surface area contributed by atoms with E-state index in [9.17, 15) is 24.3 Å². The van der Waals surface area contributed by atoms with Gasteiger partial charge < -0.3 is 35.6 Å². The molecule has 2 heterocycles. The molecule has 1 aliphatic heterocycles. The zero-order valence-corrected chi connectivity index (χ0v) is 33.3. The number of carboxylic acid groups (broad SMARTS) is 1. The van der Waals surface area contributed by atoms with Crippen molar-refractivity contribution < 1.29 is 29.0 Å². The molecule has 0 radical (unpaired) electrons. The molecule has 55 heavy (non-hydrogen) atoms. The summed E-state index contributed by atoms with van der Waals surface area (Å²) in [5, 5.41) is 19.4. The highest BCUT2D eigenvalue weighted by Gasteiger charge is 2.42. The molecule has 0 spiro atoms. The first kappa shape index (κ1) is 40.2. The number of aliphatic carboxylic acids is 1. The fourth-order valence-corrected chi connectivity index (χ4v) is 9.81. The summed E-state index contributed by atoms with van der Waals surface area (Å²) in [7, 11) is 3.34. The predicted octanol–water partition coefficient (Wildman–Crippen LogP) is 6.83. The average Bonchev–Trinajstić information content (AvgIpc) is 3.91. The lowest BCUT2D eigenvalue weighted by Gasteiger charge is -2.43. The summed E-state index contributed by atoms with van der Waals surface area (Å²) in [5.41, 5.74) is 1.80. The molecule has 3 amide bonds. The number of amides is 3. The molecule has 4 aliphatic rings. The highest BCUT2D eigenvalue weighted by molar-refractivity contribution is 6.04. The van der Waals surface area contributed by atoms with E-state index in [2.05, 4.69) is 39.7 Å². The van der Waals surface area contributed by atoms with Crippen LogP contribution in [0.4, 0.5) is 23.1 Å². The molecule has 13 nitrogen and oxygen atoms in total. The third-order valence-corrected chi connectivity index (χ3v) is 12.8. The van der Waals surface area contributed by atoms with E-state index in [0.29, 0.717) is 59.7 Å². The number of fused-ring (bicyclic) bond motifs is 1. The summed E-state index contributed by atoms with van der Waals surface area (Å²) < 4.78 is 5.70. The van der Waals surface area contributed by atoms with Crippen LogP contribution in [0.2, 0.25) is 0 Å². The maximum Gasteiger partial charge on any atom is 0.326 e. The van der Waals surface area contributed by atoms with E-state index in [1.54, 1.807) is 43.5 Å². The van der Waals surface area contributed by atoms with Gasteiger partial charge in [-0.25, -0.2) is 9.78 Å². The molecule has 1 unspecified atom stereocenters. The third kappa shape index (κ3) is 9.18. The fraction of sp³-hybridized carbons (Fsp3) is 0.667. The van der Waals surface area contributed by atoms with Crippen molar-refractivity contribution in [3.05, 3.63) is 30.0 Å². The second kappa shape index (κ2) is 18.0. The van der Waals surface area contributed by atoms with Gasteiger partial charge in [0.05, 0.1) is 19.0 Å². The van der Waals surface area contributed by atoms with Crippen LogP contribution in [0.1, 0.15) is 127 Å². The number of benzene rings is 1.